The van der Waals surface area contributed by atoms with Gasteiger partial charge in [0.15, 0.2) is 0 Å². The number of rotatable bonds is 5. The topological polar surface area (TPSA) is 82.1 Å². The number of β-lactam (4-membered cyclic amide) rings is 1. The molecule has 2 N–H and O–H groups in total. The van der Waals surface area contributed by atoms with Crippen LogP contribution in [0.5, 0.6) is 11.5 Å². The predicted octanol–water partition coefficient (Wildman–Crippen LogP) is 3.01. The minimum atomic E-state index is -0.855. The highest BCUT2D eigenvalue weighted by atomic mass is 16.5. The number of ether oxygens (including phenoxy) is 1. The normalized spacial score (nSPS) is 18.2. The molecule has 1 unspecified atom stereocenters. The number of aryl methyl sites for hydroxylation is 1. The largest absolute Gasteiger partial charge is 0.507 e. The minimum absolute atomic E-state index is 0.0711. The van der Waals surface area contributed by atoms with E-state index < -0.39 is 6.04 Å². The van der Waals surface area contributed by atoms with E-state index in [0.29, 0.717) is 30.0 Å². The second-order valence-corrected chi connectivity index (χ2v) is 8.46. The molecule has 0 spiro atoms. The quantitative estimate of drug-likeness (QED) is 0.726. The molecule has 31 heavy (non-hydrogen) atoms. The maximum atomic E-state index is 13.4. The molecule has 7 nitrogen and oxygen atoms in total. The first-order chi connectivity index (χ1) is 15.1. The molecule has 162 valence electrons. The average molecular weight is 421 g/mol. The summed E-state index contributed by atoms with van der Waals surface area (Å²) in [5.41, 5.74) is 4.35. The standard InChI is InChI=1S/C24H27N3O4/c1-31-17-7-2-6-16(14-17)25-24(30)22(27-12-9-20(27)28)19-13-15-5-3-10-26-11-4-8-18(21(15)26)23(19)29/h2,6-7,13-14,22,29H,3-5,8-12H2,1H3,(H,25,30). The molecule has 1 saturated heterocycles. The number of nitrogens with one attached hydrogen (secondary N) is 1. The molecule has 3 aliphatic heterocycles. The van der Waals surface area contributed by atoms with E-state index in [4.69, 9.17) is 4.74 Å². The molecule has 3 heterocycles. The third-order valence-electron chi connectivity index (χ3n) is 6.60. The first-order valence-electron chi connectivity index (χ1n) is 10.9. The second-order valence-electron chi connectivity index (χ2n) is 8.46. The van der Waals surface area contributed by atoms with Crippen molar-refractivity contribution in [2.24, 2.45) is 0 Å². The minimum Gasteiger partial charge on any atom is -0.507 e. The number of carbonyl (C=O) groups is 2. The fraction of sp³-hybridized carbons (Fsp3) is 0.417. The van der Waals surface area contributed by atoms with Crippen LogP contribution in [0.25, 0.3) is 0 Å². The van der Waals surface area contributed by atoms with E-state index in [1.807, 2.05) is 6.07 Å². The van der Waals surface area contributed by atoms with Crippen LogP contribution in [0.3, 0.4) is 0 Å². The van der Waals surface area contributed by atoms with Crippen molar-refractivity contribution in [1.29, 1.82) is 0 Å². The molecule has 0 saturated carbocycles. The van der Waals surface area contributed by atoms with Gasteiger partial charge in [-0.25, -0.2) is 0 Å². The van der Waals surface area contributed by atoms with Crippen molar-refractivity contribution < 1.29 is 19.4 Å². The lowest BCUT2D eigenvalue weighted by Gasteiger charge is -2.41. The number of benzene rings is 2. The van der Waals surface area contributed by atoms with Crippen LogP contribution in [0.1, 0.15) is 42.0 Å². The summed E-state index contributed by atoms with van der Waals surface area (Å²) in [6, 6.07) is 8.22. The maximum Gasteiger partial charge on any atom is 0.251 e. The van der Waals surface area contributed by atoms with Gasteiger partial charge in [-0.15, -0.1) is 0 Å². The Morgan fingerprint density at radius 3 is 2.65 bits per heavy atom. The number of phenolic OH excluding ortho intramolecular Hbond substituents is 1. The SMILES string of the molecule is COc1cccc(NC(=O)C(c2cc3c4c(c2O)CCCN4CCC3)N2CCC2=O)c1. The van der Waals surface area contributed by atoms with Crippen LogP contribution in [-0.4, -0.2) is 48.6 Å². The number of hydrogen-bond donors (Lipinski definition) is 2. The Kier molecular flexibility index (Phi) is 4.96. The first-order valence-corrected chi connectivity index (χ1v) is 10.9. The van der Waals surface area contributed by atoms with Crippen LogP contribution in [-0.2, 0) is 22.4 Å². The van der Waals surface area contributed by atoms with Gasteiger partial charge in [0.1, 0.15) is 17.5 Å². The van der Waals surface area contributed by atoms with Crippen molar-refractivity contribution in [2.75, 3.05) is 37.0 Å². The zero-order valence-corrected chi connectivity index (χ0v) is 17.7. The summed E-state index contributed by atoms with van der Waals surface area (Å²) >= 11 is 0. The number of hydrogen-bond acceptors (Lipinski definition) is 5. The van der Waals surface area contributed by atoms with E-state index in [0.717, 1.165) is 50.0 Å². The van der Waals surface area contributed by atoms with E-state index in [9.17, 15) is 14.7 Å². The number of amides is 2. The number of phenols is 1. The van der Waals surface area contributed by atoms with Crippen molar-refractivity contribution in [2.45, 2.75) is 38.1 Å². The van der Waals surface area contributed by atoms with Crippen molar-refractivity contribution in [1.82, 2.24) is 4.90 Å². The van der Waals surface area contributed by atoms with Gasteiger partial charge in [0.2, 0.25) is 5.91 Å². The van der Waals surface area contributed by atoms with E-state index in [-0.39, 0.29) is 17.6 Å². The summed E-state index contributed by atoms with van der Waals surface area (Å²) in [5.74, 6) is 0.400. The molecule has 0 radical (unpaired) electrons. The molecule has 2 amide bonds. The summed E-state index contributed by atoms with van der Waals surface area (Å²) < 4.78 is 5.25. The highest BCUT2D eigenvalue weighted by Gasteiger charge is 2.40. The number of aromatic hydroxyl groups is 1. The van der Waals surface area contributed by atoms with Crippen LogP contribution in [0.2, 0.25) is 0 Å². The number of likely N-dealkylation sites (tertiary alicyclic amines) is 1. The highest BCUT2D eigenvalue weighted by Crippen LogP contribution is 2.45. The molecule has 0 aromatic heterocycles. The number of anilines is 2. The fourth-order valence-corrected chi connectivity index (χ4v) is 5.04. The smallest absolute Gasteiger partial charge is 0.251 e. The predicted molar refractivity (Wildman–Crippen MR) is 118 cm³/mol. The summed E-state index contributed by atoms with van der Waals surface area (Å²) in [5, 5.41) is 14.2. The molecule has 1 fully saturated rings. The zero-order chi connectivity index (χ0) is 21.5. The van der Waals surface area contributed by atoms with Crippen LogP contribution in [0.15, 0.2) is 30.3 Å². The van der Waals surface area contributed by atoms with E-state index in [1.165, 1.54) is 5.56 Å². The molecule has 0 aliphatic carbocycles. The molecule has 2 aromatic rings. The molecule has 5 rings (SSSR count). The summed E-state index contributed by atoms with van der Waals surface area (Å²) in [6.07, 6.45) is 4.17. The van der Waals surface area contributed by atoms with Gasteiger partial charge in [0.25, 0.3) is 5.91 Å². The van der Waals surface area contributed by atoms with Crippen molar-refractivity contribution in [3.63, 3.8) is 0 Å². The van der Waals surface area contributed by atoms with Crippen LogP contribution in [0, 0.1) is 0 Å². The van der Waals surface area contributed by atoms with Crippen molar-refractivity contribution in [3.8, 4) is 11.5 Å². The van der Waals surface area contributed by atoms with Gasteiger partial charge < -0.3 is 25.0 Å². The van der Waals surface area contributed by atoms with Gasteiger partial charge in [-0.1, -0.05) is 6.07 Å². The summed E-state index contributed by atoms with van der Waals surface area (Å²) in [4.78, 5) is 29.7. The molecule has 3 aliphatic rings. The van der Waals surface area contributed by atoms with Gasteiger partial charge in [0.05, 0.1) is 7.11 Å². The van der Waals surface area contributed by atoms with Gasteiger partial charge >= 0.3 is 0 Å². The van der Waals surface area contributed by atoms with Crippen molar-refractivity contribution in [3.05, 3.63) is 47.0 Å². The average Bonchev–Trinajstić information content (AvgIpc) is 2.79. The molecule has 0 bridgehead atoms. The monoisotopic (exact) mass is 421 g/mol. The second kappa shape index (κ2) is 7.80. The van der Waals surface area contributed by atoms with E-state index >= 15 is 0 Å². The Hall–Kier alpha value is -3.22. The van der Waals surface area contributed by atoms with Crippen LogP contribution < -0.4 is 15.0 Å². The van der Waals surface area contributed by atoms with Gasteiger partial charge in [-0.05, 0) is 49.4 Å². The van der Waals surface area contributed by atoms with Gasteiger partial charge in [-0.3, -0.25) is 9.59 Å². The molecule has 7 heteroatoms. The van der Waals surface area contributed by atoms with Crippen LogP contribution >= 0.6 is 0 Å². The Labute approximate surface area is 181 Å². The molecule has 1 atom stereocenters. The Bertz CT molecular complexity index is 1050. The third kappa shape index (κ3) is 3.38. The Balaban J connectivity index is 1.55. The molecular formula is C24H27N3O4. The fourth-order valence-electron chi connectivity index (χ4n) is 5.04. The number of carbonyl (C=O) groups excluding carboxylic acids is 2. The first kappa shape index (κ1) is 19.7. The van der Waals surface area contributed by atoms with E-state index in [2.05, 4.69) is 10.2 Å². The highest BCUT2D eigenvalue weighted by molar-refractivity contribution is 5.99. The summed E-state index contributed by atoms with van der Waals surface area (Å²) in [6.45, 7) is 2.51. The van der Waals surface area contributed by atoms with Gasteiger partial charge in [0, 0.05) is 54.6 Å². The maximum absolute atomic E-state index is 13.4. The molecular weight excluding hydrogens is 394 g/mol. The van der Waals surface area contributed by atoms with Gasteiger partial charge in [-0.2, -0.15) is 0 Å². The summed E-state index contributed by atoms with van der Waals surface area (Å²) in [7, 11) is 1.57. The lowest BCUT2D eigenvalue weighted by atomic mass is 9.86. The zero-order valence-electron chi connectivity index (χ0n) is 17.7. The lowest BCUT2D eigenvalue weighted by molar-refractivity contribution is -0.147. The number of methoxy groups -OCH3 is 1. The van der Waals surface area contributed by atoms with Crippen molar-refractivity contribution >= 4 is 23.2 Å². The van der Waals surface area contributed by atoms with Crippen LogP contribution in [0.4, 0.5) is 11.4 Å². The lowest BCUT2D eigenvalue weighted by Crippen LogP contribution is -2.49. The Morgan fingerprint density at radius 1 is 1.13 bits per heavy atom. The van der Waals surface area contributed by atoms with E-state index in [1.54, 1.807) is 36.3 Å². The number of nitrogens with zero attached hydrogens (tertiary/aromatic N) is 2. The molecule has 2 aromatic carbocycles. The Morgan fingerprint density at radius 2 is 1.94 bits per heavy atom. The third-order valence-corrected chi connectivity index (χ3v) is 6.60.